The Labute approximate surface area is 187 Å². The molecule has 7 nitrogen and oxygen atoms in total. The highest BCUT2D eigenvalue weighted by molar-refractivity contribution is 5.80. The molecule has 0 aliphatic carbocycles. The fourth-order valence-corrected chi connectivity index (χ4v) is 3.76. The Morgan fingerprint density at radius 3 is 2.62 bits per heavy atom. The van der Waals surface area contributed by atoms with Gasteiger partial charge in [0.25, 0.3) is 0 Å². The zero-order valence-electron chi connectivity index (χ0n) is 18.6. The van der Waals surface area contributed by atoms with Gasteiger partial charge in [-0.2, -0.15) is 8.78 Å². The molecule has 1 heterocycles. The van der Waals surface area contributed by atoms with Gasteiger partial charge in [0, 0.05) is 32.7 Å². The number of alkyl halides is 2. The van der Waals surface area contributed by atoms with Crippen molar-refractivity contribution in [1.82, 2.24) is 10.6 Å². The van der Waals surface area contributed by atoms with Crippen LogP contribution in [-0.4, -0.2) is 59.5 Å². The number of hydrogen-bond donors (Lipinski definition) is 2. The van der Waals surface area contributed by atoms with E-state index in [4.69, 9.17) is 9.47 Å². The third-order valence-corrected chi connectivity index (χ3v) is 5.33. The number of guanidine groups is 1. The Morgan fingerprint density at radius 1 is 1.12 bits per heavy atom. The van der Waals surface area contributed by atoms with Gasteiger partial charge in [0.05, 0.1) is 19.9 Å². The predicted molar refractivity (Wildman–Crippen MR) is 121 cm³/mol. The van der Waals surface area contributed by atoms with Crippen molar-refractivity contribution in [3.63, 3.8) is 0 Å². The molecule has 0 radical (unpaired) electrons. The van der Waals surface area contributed by atoms with E-state index in [1.165, 1.54) is 0 Å². The van der Waals surface area contributed by atoms with E-state index in [9.17, 15) is 8.78 Å². The van der Waals surface area contributed by atoms with E-state index in [1.54, 1.807) is 39.5 Å². The molecular formula is C23H30F2N4O3. The molecule has 1 unspecified atom stereocenters. The zero-order valence-corrected chi connectivity index (χ0v) is 18.6. The Bertz CT molecular complexity index is 911. The van der Waals surface area contributed by atoms with E-state index < -0.39 is 6.61 Å². The molecular weight excluding hydrogens is 418 g/mol. The highest BCUT2D eigenvalue weighted by atomic mass is 19.3. The topological polar surface area (TPSA) is 67.4 Å². The maximum absolute atomic E-state index is 12.7. The lowest BCUT2D eigenvalue weighted by Gasteiger charge is -2.22. The third kappa shape index (κ3) is 6.15. The highest BCUT2D eigenvalue weighted by Crippen LogP contribution is 2.32. The smallest absolute Gasteiger partial charge is 0.387 e. The van der Waals surface area contributed by atoms with Crippen molar-refractivity contribution in [3.05, 3.63) is 48.0 Å². The van der Waals surface area contributed by atoms with Crippen LogP contribution in [-0.2, 0) is 6.42 Å². The average Bonchev–Trinajstić information content (AvgIpc) is 3.26. The molecule has 32 heavy (non-hydrogen) atoms. The SMILES string of the molecule is CN=C(NCCc1ccc(OC)c(OC)c1)NC1CCN(c2ccccc2OC(F)F)C1. The standard InChI is InChI=1S/C23H30F2N4O3/c1-26-23(27-12-10-16-8-9-20(30-2)21(14-16)31-3)28-17-11-13-29(15-17)18-6-4-5-7-19(18)32-22(24)25/h4-9,14,17,22H,10-13,15H2,1-3H3,(H2,26,27,28). The maximum Gasteiger partial charge on any atom is 0.387 e. The Balaban J connectivity index is 1.51. The normalized spacial score (nSPS) is 16.2. The summed E-state index contributed by atoms with van der Waals surface area (Å²) in [5.74, 6) is 2.30. The van der Waals surface area contributed by atoms with Crippen molar-refractivity contribution in [3.8, 4) is 17.2 Å². The molecule has 2 aromatic carbocycles. The number of rotatable bonds is 9. The van der Waals surface area contributed by atoms with Gasteiger partial charge in [-0.3, -0.25) is 4.99 Å². The molecule has 0 aromatic heterocycles. The minimum absolute atomic E-state index is 0.141. The summed E-state index contributed by atoms with van der Waals surface area (Å²) in [5.41, 5.74) is 1.79. The van der Waals surface area contributed by atoms with E-state index in [2.05, 4.69) is 20.4 Å². The molecule has 1 saturated heterocycles. The molecule has 0 amide bonds. The number of nitrogens with one attached hydrogen (secondary N) is 2. The number of methoxy groups -OCH3 is 2. The van der Waals surface area contributed by atoms with Crippen LogP contribution in [0.3, 0.4) is 0 Å². The van der Waals surface area contributed by atoms with Crippen LogP contribution in [0, 0.1) is 0 Å². The number of aliphatic imine (C=N–C) groups is 1. The summed E-state index contributed by atoms with van der Waals surface area (Å²) in [7, 11) is 4.96. The number of nitrogens with zero attached hydrogens (tertiary/aromatic N) is 2. The number of ether oxygens (including phenoxy) is 3. The van der Waals surface area contributed by atoms with Crippen LogP contribution in [0.4, 0.5) is 14.5 Å². The van der Waals surface area contributed by atoms with Crippen LogP contribution in [0.1, 0.15) is 12.0 Å². The van der Waals surface area contributed by atoms with Gasteiger partial charge in [0.2, 0.25) is 0 Å². The summed E-state index contributed by atoms with van der Waals surface area (Å²) in [6.45, 7) is -0.748. The van der Waals surface area contributed by atoms with E-state index in [0.717, 1.165) is 24.9 Å². The predicted octanol–water partition coefficient (Wildman–Crippen LogP) is 3.29. The van der Waals surface area contributed by atoms with Crippen molar-refractivity contribution in [2.45, 2.75) is 25.5 Å². The Morgan fingerprint density at radius 2 is 1.91 bits per heavy atom. The zero-order chi connectivity index (χ0) is 22.9. The fraction of sp³-hybridized carbons (Fsp3) is 0.435. The Hall–Kier alpha value is -3.23. The minimum Gasteiger partial charge on any atom is -0.493 e. The van der Waals surface area contributed by atoms with Crippen LogP contribution in [0.5, 0.6) is 17.2 Å². The van der Waals surface area contributed by atoms with Crippen LogP contribution in [0.15, 0.2) is 47.5 Å². The molecule has 0 spiro atoms. The van der Waals surface area contributed by atoms with E-state index >= 15 is 0 Å². The lowest BCUT2D eigenvalue weighted by Crippen LogP contribution is -2.45. The van der Waals surface area contributed by atoms with Crippen molar-refractivity contribution in [2.75, 3.05) is 45.8 Å². The van der Waals surface area contributed by atoms with Gasteiger partial charge < -0.3 is 29.7 Å². The summed E-state index contributed by atoms with van der Waals surface area (Å²) in [4.78, 5) is 6.35. The first-order valence-electron chi connectivity index (χ1n) is 10.5. The van der Waals surface area contributed by atoms with Gasteiger partial charge in [0.1, 0.15) is 5.75 Å². The van der Waals surface area contributed by atoms with Crippen LogP contribution in [0.2, 0.25) is 0 Å². The van der Waals surface area contributed by atoms with E-state index in [-0.39, 0.29) is 11.8 Å². The average molecular weight is 449 g/mol. The second-order valence-electron chi connectivity index (χ2n) is 7.36. The highest BCUT2D eigenvalue weighted by Gasteiger charge is 2.26. The van der Waals surface area contributed by atoms with Crippen molar-refractivity contribution in [2.24, 2.45) is 4.99 Å². The summed E-state index contributed by atoms with van der Waals surface area (Å²) in [6.07, 6.45) is 1.65. The molecule has 2 N–H and O–H groups in total. The Kier molecular flexibility index (Phi) is 8.35. The monoisotopic (exact) mass is 448 g/mol. The first-order chi connectivity index (χ1) is 15.5. The molecule has 2 aromatic rings. The molecule has 1 fully saturated rings. The molecule has 0 saturated carbocycles. The van der Waals surface area contributed by atoms with Gasteiger partial charge in [-0.05, 0) is 42.7 Å². The summed E-state index contributed by atoms with van der Waals surface area (Å²) in [6, 6.07) is 12.9. The van der Waals surface area contributed by atoms with Crippen LogP contribution in [0.25, 0.3) is 0 Å². The molecule has 1 aliphatic rings. The number of anilines is 1. The second kappa shape index (κ2) is 11.4. The molecule has 1 aliphatic heterocycles. The van der Waals surface area contributed by atoms with Crippen molar-refractivity contribution in [1.29, 1.82) is 0 Å². The maximum atomic E-state index is 12.7. The molecule has 174 valence electrons. The number of benzene rings is 2. The van der Waals surface area contributed by atoms with Crippen LogP contribution >= 0.6 is 0 Å². The molecule has 1 atom stereocenters. The van der Waals surface area contributed by atoms with E-state index in [1.807, 2.05) is 29.2 Å². The van der Waals surface area contributed by atoms with Gasteiger partial charge in [-0.25, -0.2) is 0 Å². The van der Waals surface area contributed by atoms with Crippen LogP contribution < -0.4 is 29.7 Å². The van der Waals surface area contributed by atoms with Crippen molar-refractivity contribution < 1.29 is 23.0 Å². The summed E-state index contributed by atoms with van der Waals surface area (Å²) < 4.78 is 40.7. The van der Waals surface area contributed by atoms with Crippen molar-refractivity contribution >= 4 is 11.6 Å². The quantitative estimate of drug-likeness (QED) is 0.453. The number of halogens is 2. The number of para-hydroxylation sites is 2. The summed E-state index contributed by atoms with van der Waals surface area (Å²) >= 11 is 0. The largest absolute Gasteiger partial charge is 0.493 e. The molecule has 9 heteroatoms. The number of hydrogen-bond acceptors (Lipinski definition) is 5. The van der Waals surface area contributed by atoms with Gasteiger partial charge in [-0.15, -0.1) is 0 Å². The van der Waals surface area contributed by atoms with E-state index in [0.29, 0.717) is 36.2 Å². The third-order valence-electron chi connectivity index (χ3n) is 5.33. The molecule has 3 rings (SSSR count). The van der Waals surface area contributed by atoms with Gasteiger partial charge in [0.15, 0.2) is 17.5 Å². The first-order valence-corrected chi connectivity index (χ1v) is 10.5. The second-order valence-corrected chi connectivity index (χ2v) is 7.36. The first kappa shape index (κ1) is 23.4. The minimum atomic E-state index is -2.85. The lowest BCUT2D eigenvalue weighted by molar-refractivity contribution is -0.0495. The molecule has 0 bridgehead atoms. The van der Waals surface area contributed by atoms with Gasteiger partial charge in [-0.1, -0.05) is 18.2 Å². The van der Waals surface area contributed by atoms with Gasteiger partial charge >= 0.3 is 6.61 Å². The lowest BCUT2D eigenvalue weighted by atomic mass is 10.1. The summed E-state index contributed by atoms with van der Waals surface area (Å²) in [5, 5.41) is 6.74. The fourth-order valence-electron chi connectivity index (χ4n) is 3.76.